The van der Waals surface area contributed by atoms with Crippen molar-refractivity contribution >= 4 is 0 Å². The van der Waals surface area contributed by atoms with Gasteiger partial charge < -0.3 is 10.4 Å². The molecule has 0 saturated carbocycles. The van der Waals surface area contributed by atoms with Gasteiger partial charge in [0.15, 0.2) is 0 Å². The zero-order chi connectivity index (χ0) is 7.98. The molecule has 62 valence electrons. The molecule has 0 aromatic carbocycles. The molecule has 0 bridgehead atoms. The molecule has 0 aromatic rings. The van der Waals surface area contributed by atoms with Crippen molar-refractivity contribution in [1.82, 2.24) is 10.5 Å². The Kier molecular flexibility index (Phi) is 5.52. The second-order valence-electron chi connectivity index (χ2n) is 2.18. The maximum Gasteiger partial charge on any atom is 0.0495 e. The summed E-state index contributed by atoms with van der Waals surface area (Å²) in [7, 11) is 0. The zero-order valence-corrected chi connectivity index (χ0v) is 6.54. The fourth-order valence-electron chi connectivity index (χ4n) is 0.824. The monoisotopic (exact) mass is 148 g/mol. The summed E-state index contributed by atoms with van der Waals surface area (Å²) in [4.78, 5) is 0. The van der Waals surface area contributed by atoms with E-state index >= 15 is 0 Å². The van der Waals surface area contributed by atoms with Gasteiger partial charge in [0.1, 0.15) is 0 Å². The summed E-state index contributed by atoms with van der Waals surface area (Å²) in [5.74, 6) is 0. The van der Waals surface area contributed by atoms with Gasteiger partial charge in [-0.05, 0) is 6.42 Å². The van der Waals surface area contributed by atoms with Gasteiger partial charge in [-0.25, -0.2) is 5.48 Å². The van der Waals surface area contributed by atoms with Crippen LogP contribution in [0, 0.1) is 0 Å². The summed E-state index contributed by atoms with van der Waals surface area (Å²) in [6.07, 6.45) is 0.817. The van der Waals surface area contributed by atoms with Crippen molar-refractivity contribution in [2.75, 3.05) is 13.1 Å². The van der Waals surface area contributed by atoms with E-state index in [1.807, 2.05) is 19.3 Å². The Labute approximate surface area is 61.4 Å². The Morgan fingerprint density at radius 1 is 1.50 bits per heavy atom. The van der Waals surface area contributed by atoms with Gasteiger partial charge in [-0.1, -0.05) is 13.8 Å². The number of hydroxylamine groups is 3. The predicted molar refractivity (Wildman–Crippen MR) is 38.0 cm³/mol. The lowest BCUT2D eigenvalue weighted by atomic mass is 10.2. The average molecular weight is 148 g/mol. The lowest BCUT2D eigenvalue weighted by Crippen LogP contribution is -2.38. The van der Waals surface area contributed by atoms with E-state index in [1.165, 1.54) is 5.06 Å². The van der Waals surface area contributed by atoms with Crippen LogP contribution in [0.15, 0.2) is 0 Å². The number of hydrogen-bond acceptors (Lipinski definition) is 4. The van der Waals surface area contributed by atoms with Crippen molar-refractivity contribution in [3.05, 3.63) is 0 Å². The number of likely N-dealkylation sites (N-methyl/N-ethyl adjacent to an activating group) is 1. The molecule has 0 rings (SSSR count). The summed E-state index contributed by atoms with van der Waals surface area (Å²) in [5.41, 5.74) is 2.03. The van der Waals surface area contributed by atoms with Crippen LogP contribution in [0.3, 0.4) is 0 Å². The molecule has 4 nitrogen and oxygen atoms in total. The number of nitrogens with zero attached hydrogens (tertiary/aromatic N) is 1. The number of nitrogens with one attached hydrogen (secondary N) is 1. The van der Waals surface area contributed by atoms with E-state index in [2.05, 4.69) is 0 Å². The summed E-state index contributed by atoms with van der Waals surface area (Å²) in [6, 6.07) is 0.00926. The zero-order valence-electron chi connectivity index (χ0n) is 6.54. The molecule has 0 heterocycles. The van der Waals surface area contributed by atoms with Crippen molar-refractivity contribution < 1.29 is 10.4 Å². The molecule has 0 aromatic heterocycles. The van der Waals surface area contributed by atoms with E-state index in [0.717, 1.165) is 6.42 Å². The van der Waals surface area contributed by atoms with Crippen LogP contribution in [0.25, 0.3) is 0 Å². The topological polar surface area (TPSA) is 55.7 Å². The molecule has 0 spiro atoms. The van der Waals surface area contributed by atoms with E-state index in [0.29, 0.717) is 13.1 Å². The van der Waals surface area contributed by atoms with Gasteiger partial charge in [0.05, 0.1) is 0 Å². The third kappa shape index (κ3) is 3.12. The molecule has 0 radical (unpaired) electrons. The quantitative estimate of drug-likeness (QED) is 0.496. The van der Waals surface area contributed by atoms with Crippen LogP contribution in [0.5, 0.6) is 0 Å². The highest BCUT2D eigenvalue weighted by Crippen LogP contribution is 1.97. The molecule has 4 heteroatoms. The standard InChI is InChI=1S/C6H16N2O2/c1-3-6(5-7-9)8(10)4-2/h6-7,9-10H,3-5H2,1-2H3. The molecule has 1 atom stereocenters. The lowest BCUT2D eigenvalue weighted by Gasteiger charge is -2.22. The maximum absolute atomic E-state index is 9.13. The highest BCUT2D eigenvalue weighted by Gasteiger charge is 2.10. The van der Waals surface area contributed by atoms with Gasteiger partial charge in [-0.15, -0.1) is 0 Å². The minimum absolute atomic E-state index is 0.00926. The Balaban J connectivity index is 3.56. The van der Waals surface area contributed by atoms with Gasteiger partial charge >= 0.3 is 0 Å². The molecule has 0 saturated heterocycles. The van der Waals surface area contributed by atoms with Crippen LogP contribution in [0.4, 0.5) is 0 Å². The van der Waals surface area contributed by atoms with E-state index in [4.69, 9.17) is 10.4 Å². The van der Waals surface area contributed by atoms with E-state index in [1.54, 1.807) is 0 Å². The molecule has 3 N–H and O–H groups in total. The van der Waals surface area contributed by atoms with Crippen LogP contribution in [0.2, 0.25) is 0 Å². The van der Waals surface area contributed by atoms with Crippen LogP contribution >= 0.6 is 0 Å². The Morgan fingerprint density at radius 2 is 2.10 bits per heavy atom. The molecule has 0 aliphatic carbocycles. The fourth-order valence-corrected chi connectivity index (χ4v) is 0.824. The van der Waals surface area contributed by atoms with Gasteiger partial charge in [0, 0.05) is 19.1 Å². The summed E-state index contributed by atoms with van der Waals surface area (Å²) in [6.45, 7) is 4.81. The van der Waals surface area contributed by atoms with Crippen molar-refractivity contribution in [3.63, 3.8) is 0 Å². The van der Waals surface area contributed by atoms with Crippen LogP contribution in [0.1, 0.15) is 20.3 Å². The van der Waals surface area contributed by atoms with E-state index in [9.17, 15) is 0 Å². The molecule has 0 aliphatic heterocycles. The minimum Gasteiger partial charge on any atom is -0.317 e. The van der Waals surface area contributed by atoms with Gasteiger partial charge in [-0.3, -0.25) is 0 Å². The molecule has 0 aliphatic rings. The Morgan fingerprint density at radius 3 is 2.40 bits per heavy atom. The van der Waals surface area contributed by atoms with Crippen LogP contribution < -0.4 is 5.48 Å². The van der Waals surface area contributed by atoms with Crippen molar-refractivity contribution in [1.29, 1.82) is 0 Å². The normalized spacial score (nSPS) is 14.1. The molecule has 10 heavy (non-hydrogen) atoms. The minimum atomic E-state index is 0.00926. The number of hydrogen-bond donors (Lipinski definition) is 3. The first-order valence-corrected chi connectivity index (χ1v) is 3.58. The summed E-state index contributed by atoms with van der Waals surface area (Å²) < 4.78 is 0. The predicted octanol–water partition coefficient (Wildman–Crippen LogP) is 0.455. The first-order valence-electron chi connectivity index (χ1n) is 3.58. The first kappa shape index (κ1) is 9.84. The average Bonchev–Trinajstić information content (AvgIpc) is 1.99. The number of rotatable bonds is 5. The smallest absolute Gasteiger partial charge is 0.0495 e. The van der Waals surface area contributed by atoms with Crippen molar-refractivity contribution in [3.8, 4) is 0 Å². The fraction of sp³-hybridized carbons (Fsp3) is 1.00. The summed E-state index contributed by atoms with van der Waals surface area (Å²) >= 11 is 0. The van der Waals surface area contributed by atoms with Gasteiger partial charge in [0.2, 0.25) is 0 Å². The van der Waals surface area contributed by atoms with E-state index < -0.39 is 0 Å². The highest BCUT2D eigenvalue weighted by molar-refractivity contribution is 4.62. The molecular formula is C6H16N2O2. The molecular weight excluding hydrogens is 132 g/mol. The van der Waals surface area contributed by atoms with Crippen LogP contribution in [-0.2, 0) is 0 Å². The molecule has 0 amide bonds. The third-order valence-corrected chi connectivity index (χ3v) is 1.54. The second kappa shape index (κ2) is 5.61. The molecule has 1 unspecified atom stereocenters. The summed E-state index contributed by atoms with van der Waals surface area (Å²) in [5, 5.41) is 18.7. The SMILES string of the molecule is CCC(CNO)N(O)CC. The largest absolute Gasteiger partial charge is 0.317 e. The molecule has 0 fully saturated rings. The Hall–Kier alpha value is -0.160. The van der Waals surface area contributed by atoms with E-state index in [-0.39, 0.29) is 6.04 Å². The maximum atomic E-state index is 9.13. The van der Waals surface area contributed by atoms with Crippen molar-refractivity contribution in [2.24, 2.45) is 0 Å². The van der Waals surface area contributed by atoms with Crippen molar-refractivity contribution in [2.45, 2.75) is 26.3 Å². The van der Waals surface area contributed by atoms with Gasteiger partial charge in [-0.2, -0.15) is 5.06 Å². The first-order chi connectivity index (χ1) is 4.76. The van der Waals surface area contributed by atoms with Gasteiger partial charge in [0.25, 0.3) is 0 Å². The van der Waals surface area contributed by atoms with Crippen LogP contribution in [-0.4, -0.2) is 34.6 Å². The Bertz CT molecular complexity index is 80.1. The second-order valence-corrected chi connectivity index (χ2v) is 2.18. The lowest BCUT2D eigenvalue weighted by molar-refractivity contribution is -0.127. The highest BCUT2D eigenvalue weighted by atomic mass is 16.5. The third-order valence-electron chi connectivity index (χ3n) is 1.54.